The van der Waals surface area contributed by atoms with Crippen molar-refractivity contribution in [2.24, 2.45) is 5.92 Å². The minimum atomic E-state index is -2.40. The minimum absolute atomic E-state index is 0.0488. The molecule has 2 saturated heterocycles. The van der Waals surface area contributed by atoms with Crippen molar-refractivity contribution in [1.29, 1.82) is 0 Å². The van der Waals surface area contributed by atoms with E-state index in [-0.39, 0.29) is 12.8 Å². The third-order valence-electron chi connectivity index (χ3n) is 3.27. The van der Waals surface area contributed by atoms with Crippen LogP contribution in [0.15, 0.2) is 0 Å². The third kappa shape index (κ3) is 2.64. The summed E-state index contributed by atoms with van der Waals surface area (Å²) in [7, 11) is 0. The van der Waals surface area contributed by atoms with Crippen molar-refractivity contribution in [3.05, 3.63) is 0 Å². The smallest absolute Gasteiger partial charge is 0.250 e. The van der Waals surface area contributed by atoms with Crippen LogP contribution in [0.4, 0.5) is 8.78 Å². The molecule has 0 aromatic rings. The molecular weight excluding hydrogens is 186 g/mol. The highest BCUT2D eigenvalue weighted by Gasteiger charge is 2.34. The number of nitrogens with zero attached hydrogens (tertiary/aromatic N) is 1. The summed E-state index contributed by atoms with van der Waals surface area (Å²) in [6, 6.07) is 0. The molecule has 0 radical (unpaired) electrons. The van der Waals surface area contributed by atoms with Crippen molar-refractivity contribution in [2.45, 2.75) is 25.2 Å². The van der Waals surface area contributed by atoms with Crippen molar-refractivity contribution in [1.82, 2.24) is 10.2 Å². The van der Waals surface area contributed by atoms with E-state index in [1.54, 1.807) is 0 Å². The molecule has 0 bridgehead atoms. The summed E-state index contributed by atoms with van der Waals surface area (Å²) in [6.07, 6.45) is 1.30. The van der Waals surface area contributed by atoms with Crippen LogP contribution in [0.25, 0.3) is 0 Å². The lowest BCUT2D eigenvalue weighted by Crippen LogP contribution is -2.41. The molecule has 2 fully saturated rings. The standard InChI is InChI=1S/C10H18F2N2/c11-10(12)2-5-14(6-3-10)8-9-1-4-13-7-9/h9,13H,1-8H2. The van der Waals surface area contributed by atoms with Crippen LogP contribution in [-0.4, -0.2) is 43.5 Å². The summed E-state index contributed by atoms with van der Waals surface area (Å²) < 4.78 is 25.7. The second kappa shape index (κ2) is 4.11. The van der Waals surface area contributed by atoms with Gasteiger partial charge in [0.15, 0.2) is 0 Å². The Kier molecular flexibility index (Phi) is 3.02. The SMILES string of the molecule is FC1(F)CCN(CC2CCNC2)CC1. The van der Waals surface area contributed by atoms with E-state index in [2.05, 4.69) is 10.2 Å². The molecule has 1 unspecified atom stereocenters. The summed E-state index contributed by atoms with van der Waals surface area (Å²) in [5.74, 6) is -1.72. The molecule has 2 aliphatic rings. The molecule has 4 heteroatoms. The molecule has 0 aliphatic carbocycles. The Hall–Kier alpha value is -0.220. The first-order valence-corrected chi connectivity index (χ1v) is 5.47. The van der Waals surface area contributed by atoms with Gasteiger partial charge in [0.1, 0.15) is 0 Å². The molecule has 2 rings (SSSR count). The van der Waals surface area contributed by atoms with Gasteiger partial charge < -0.3 is 10.2 Å². The lowest BCUT2D eigenvalue weighted by Gasteiger charge is -2.33. The summed E-state index contributed by atoms with van der Waals surface area (Å²) in [4.78, 5) is 2.19. The van der Waals surface area contributed by atoms with E-state index in [1.807, 2.05) is 0 Å². The van der Waals surface area contributed by atoms with Crippen LogP contribution in [-0.2, 0) is 0 Å². The topological polar surface area (TPSA) is 15.3 Å². The fourth-order valence-electron chi connectivity index (χ4n) is 2.30. The predicted molar refractivity (Wildman–Crippen MR) is 51.6 cm³/mol. The summed E-state index contributed by atoms with van der Waals surface area (Å²) in [5, 5.41) is 3.30. The highest BCUT2D eigenvalue weighted by Crippen LogP contribution is 2.28. The van der Waals surface area contributed by atoms with Crippen LogP contribution in [0.3, 0.4) is 0 Å². The number of likely N-dealkylation sites (tertiary alicyclic amines) is 1. The van der Waals surface area contributed by atoms with Crippen molar-refractivity contribution < 1.29 is 8.78 Å². The Bertz CT molecular complexity index is 181. The zero-order valence-corrected chi connectivity index (χ0v) is 8.44. The predicted octanol–water partition coefficient (Wildman–Crippen LogP) is 1.33. The maximum Gasteiger partial charge on any atom is 0.250 e. The summed E-state index contributed by atoms with van der Waals surface area (Å²) in [6.45, 7) is 4.30. The van der Waals surface area contributed by atoms with Crippen molar-refractivity contribution in [3.8, 4) is 0 Å². The van der Waals surface area contributed by atoms with Gasteiger partial charge in [-0.15, -0.1) is 0 Å². The van der Waals surface area contributed by atoms with Crippen LogP contribution >= 0.6 is 0 Å². The van der Waals surface area contributed by atoms with E-state index in [1.165, 1.54) is 6.42 Å². The molecule has 2 heterocycles. The lowest BCUT2D eigenvalue weighted by atomic mass is 10.0. The highest BCUT2D eigenvalue weighted by atomic mass is 19.3. The average molecular weight is 204 g/mol. The second-order valence-corrected chi connectivity index (χ2v) is 4.52. The number of alkyl halides is 2. The fourth-order valence-corrected chi connectivity index (χ4v) is 2.30. The molecule has 2 aliphatic heterocycles. The molecule has 14 heavy (non-hydrogen) atoms. The highest BCUT2D eigenvalue weighted by molar-refractivity contribution is 4.81. The van der Waals surface area contributed by atoms with Crippen molar-refractivity contribution in [3.63, 3.8) is 0 Å². The maximum atomic E-state index is 12.9. The molecule has 0 aromatic heterocycles. The van der Waals surface area contributed by atoms with Gasteiger partial charge in [0.2, 0.25) is 0 Å². The van der Waals surface area contributed by atoms with Gasteiger partial charge in [0.05, 0.1) is 0 Å². The first kappa shape index (κ1) is 10.3. The van der Waals surface area contributed by atoms with E-state index in [4.69, 9.17) is 0 Å². The molecule has 0 spiro atoms. The third-order valence-corrected chi connectivity index (χ3v) is 3.27. The molecule has 1 N–H and O–H groups in total. The largest absolute Gasteiger partial charge is 0.316 e. The van der Waals surface area contributed by atoms with Crippen LogP contribution in [0.2, 0.25) is 0 Å². The van der Waals surface area contributed by atoms with E-state index in [0.29, 0.717) is 19.0 Å². The van der Waals surface area contributed by atoms with E-state index in [0.717, 1.165) is 19.6 Å². The maximum absolute atomic E-state index is 12.9. The van der Waals surface area contributed by atoms with Gasteiger partial charge >= 0.3 is 0 Å². The number of hydrogen-bond acceptors (Lipinski definition) is 2. The monoisotopic (exact) mass is 204 g/mol. The summed E-state index contributed by atoms with van der Waals surface area (Å²) >= 11 is 0. The molecule has 82 valence electrons. The Morgan fingerprint density at radius 1 is 1.29 bits per heavy atom. The first-order chi connectivity index (χ1) is 6.66. The molecule has 0 saturated carbocycles. The molecular formula is C10H18F2N2. The molecule has 0 amide bonds. The molecule has 0 aromatic carbocycles. The van der Waals surface area contributed by atoms with Crippen molar-refractivity contribution >= 4 is 0 Å². The average Bonchev–Trinajstić information content (AvgIpc) is 2.61. The Morgan fingerprint density at radius 2 is 2.00 bits per heavy atom. The number of piperidine rings is 1. The molecule has 1 atom stereocenters. The normalized spacial score (nSPS) is 33.4. The van der Waals surface area contributed by atoms with Gasteiger partial charge in [-0.1, -0.05) is 0 Å². The minimum Gasteiger partial charge on any atom is -0.316 e. The van der Waals surface area contributed by atoms with Gasteiger partial charge in [-0.05, 0) is 25.4 Å². The summed E-state index contributed by atoms with van der Waals surface area (Å²) in [5.41, 5.74) is 0. The van der Waals surface area contributed by atoms with Gasteiger partial charge in [-0.2, -0.15) is 0 Å². The second-order valence-electron chi connectivity index (χ2n) is 4.52. The molecule has 2 nitrogen and oxygen atoms in total. The van der Waals surface area contributed by atoms with E-state index >= 15 is 0 Å². The van der Waals surface area contributed by atoms with Gasteiger partial charge in [0.25, 0.3) is 5.92 Å². The number of rotatable bonds is 2. The van der Waals surface area contributed by atoms with E-state index < -0.39 is 5.92 Å². The van der Waals surface area contributed by atoms with Gasteiger partial charge in [-0.3, -0.25) is 0 Å². The number of hydrogen-bond donors (Lipinski definition) is 1. The zero-order chi connectivity index (χ0) is 10.0. The van der Waals surface area contributed by atoms with E-state index in [9.17, 15) is 8.78 Å². The first-order valence-electron chi connectivity index (χ1n) is 5.47. The zero-order valence-electron chi connectivity index (χ0n) is 8.44. The van der Waals surface area contributed by atoms with Gasteiger partial charge in [-0.25, -0.2) is 8.78 Å². The number of halogens is 2. The Morgan fingerprint density at radius 3 is 2.57 bits per heavy atom. The quantitative estimate of drug-likeness (QED) is 0.730. The lowest BCUT2D eigenvalue weighted by molar-refractivity contribution is -0.0569. The van der Waals surface area contributed by atoms with Crippen LogP contribution in [0, 0.1) is 5.92 Å². The fraction of sp³-hybridized carbons (Fsp3) is 1.00. The Labute approximate surface area is 83.7 Å². The van der Waals surface area contributed by atoms with Crippen LogP contribution in [0.5, 0.6) is 0 Å². The van der Waals surface area contributed by atoms with Crippen molar-refractivity contribution in [2.75, 3.05) is 32.7 Å². The van der Waals surface area contributed by atoms with Crippen LogP contribution < -0.4 is 5.32 Å². The number of nitrogens with one attached hydrogen (secondary N) is 1. The van der Waals surface area contributed by atoms with Crippen LogP contribution in [0.1, 0.15) is 19.3 Å². The van der Waals surface area contributed by atoms with Gasteiger partial charge in [0, 0.05) is 32.5 Å². The Balaban J connectivity index is 1.72.